The van der Waals surface area contributed by atoms with Crippen LogP contribution in [0.4, 0.5) is 0 Å². The van der Waals surface area contributed by atoms with Crippen LogP contribution in [0.2, 0.25) is 13.1 Å². The van der Waals surface area contributed by atoms with Gasteiger partial charge < -0.3 is 4.98 Å². The molecule has 0 saturated heterocycles. The van der Waals surface area contributed by atoms with Crippen molar-refractivity contribution in [2.45, 2.75) is 39.4 Å². The predicted molar refractivity (Wildman–Crippen MR) is 88.9 cm³/mol. The minimum atomic E-state index is -1.67. The summed E-state index contributed by atoms with van der Waals surface area (Å²) in [6, 6.07) is 0. The van der Waals surface area contributed by atoms with E-state index < -0.39 is 25.3 Å². The van der Waals surface area contributed by atoms with Crippen molar-refractivity contribution < 1.29 is 17.0 Å². The van der Waals surface area contributed by atoms with Crippen molar-refractivity contribution in [2.24, 2.45) is 0 Å². The van der Waals surface area contributed by atoms with E-state index in [9.17, 15) is 0 Å². The Bertz CT molecular complexity index is 343. The Balaban J connectivity index is 0.000000612. The SMILES string of the molecule is CC(C)(C)[N-][Si](C)(C)[C]1[CH][C]2C=CC=C[C]2[CH]1.[Cl][Ti][Cl]. The number of rotatable bonds is 2. The number of hydrogen-bond donors (Lipinski definition) is 0. The van der Waals surface area contributed by atoms with E-state index in [4.69, 9.17) is 23.6 Å². The summed E-state index contributed by atoms with van der Waals surface area (Å²) in [4.78, 5) is 5.05. The van der Waals surface area contributed by atoms with Gasteiger partial charge in [-0.15, -0.1) is 5.54 Å². The molecule has 0 heterocycles. The van der Waals surface area contributed by atoms with Gasteiger partial charge in [0.2, 0.25) is 0 Å². The van der Waals surface area contributed by atoms with Gasteiger partial charge in [0, 0.05) is 11.8 Å². The van der Waals surface area contributed by atoms with E-state index in [1.807, 2.05) is 0 Å². The van der Waals surface area contributed by atoms with Crippen molar-refractivity contribution in [2.75, 3.05) is 0 Å². The Morgan fingerprint density at radius 3 is 1.75 bits per heavy atom. The molecule has 0 N–H and O–H groups in total. The maximum absolute atomic E-state index is 5.05. The summed E-state index contributed by atoms with van der Waals surface area (Å²) in [5, 5.41) is 0. The molecule has 2 rings (SSSR count). The van der Waals surface area contributed by atoms with E-state index in [2.05, 4.69) is 71.0 Å². The van der Waals surface area contributed by atoms with Gasteiger partial charge in [-0.2, -0.15) is 0 Å². The molecule has 0 aromatic heterocycles. The number of allylic oxidation sites excluding steroid dienone is 4. The molecule has 0 amide bonds. The molecule has 1 nitrogen and oxygen atoms in total. The van der Waals surface area contributed by atoms with Crippen LogP contribution in [0.15, 0.2) is 24.3 Å². The quantitative estimate of drug-likeness (QED) is 0.572. The van der Waals surface area contributed by atoms with Crippen molar-refractivity contribution in [3.05, 3.63) is 59.5 Å². The standard InChI is InChI=1S/C15H21NSi.2ClH.Ti/c1-15(2,3)16-17(4,5)14-10-12-8-6-7-9-13(12)11-14;;;/h6-11H,1-5H3;2*1H;/q-1;;;+2/p-2. The molecule has 2 aliphatic carbocycles. The molecule has 20 heavy (non-hydrogen) atoms. The second-order valence-electron chi connectivity index (χ2n) is 6.29. The topological polar surface area (TPSA) is 14.1 Å². The van der Waals surface area contributed by atoms with E-state index in [1.54, 1.807) is 0 Å². The Labute approximate surface area is 142 Å². The molecule has 2 aliphatic rings. The number of halogens is 2. The molecule has 0 bridgehead atoms. The van der Waals surface area contributed by atoms with Gasteiger partial charge in [-0.3, -0.25) is 0 Å². The minimum absolute atomic E-state index is 0.0547. The van der Waals surface area contributed by atoms with E-state index in [0.717, 1.165) is 0 Å². The van der Waals surface area contributed by atoms with Crippen LogP contribution in [0, 0.1) is 30.2 Å². The van der Waals surface area contributed by atoms with Gasteiger partial charge in [-0.25, -0.2) is 0 Å². The van der Waals surface area contributed by atoms with Gasteiger partial charge in [0.05, 0.1) is 0 Å². The fraction of sp³-hybridized carbons (Fsp3) is 0.400. The van der Waals surface area contributed by atoms with E-state index in [1.165, 1.54) is 17.4 Å². The average molecular weight is 362 g/mol. The maximum atomic E-state index is 5.05. The summed E-state index contributed by atoms with van der Waals surface area (Å²) in [6.07, 6.45) is 13.2. The molecular weight excluding hydrogens is 341 g/mol. The summed E-state index contributed by atoms with van der Waals surface area (Å²) < 4.78 is 0. The molecule has 0 aromatic carbocycles. The molecule has 5 heteroatoms. The van der Waals surface area contributed by atoms with E-state index in [-0.39, 0.29) is 5.54 Å². The van der Waals surface area contributed by atoms with Crippen LogP contribution >= 0.6 is 18.6 Å². The van der Waals surface area contributed by atoms with Crippen LogP contribution in [0.25, 0.3) is 4.98 Å². The van der Waals surface area contributed by atoms with Crippen molar-refractivity contribution >= 4 is 26.8 Å². The molecule has 0 aliphatic heterocycles. The molecule has 109 valence electrons. The van der Waals surface area contributed by atoms with Crippen LogP contribution in [-0.2, 0) is 17.0 Å². The first-order valence-electron chi connectivity index (χ1n) is 6.56. The Morgan fingerprint density at radius 1 is 1.00 bits per heavy atom. The fourth-order valence-electron chi connectivity index (χ4n) is 2.41. The third-order valence-corrected chi connectivity index (χ3v) is 5.87. The summed E-state index contributed by atoms with van der Waals surface area (Å²) in [7, 11) is 8.10. The van der Waals surface area contributed by atoms with Gasteiger partial charge in [0.15, 0.2) is 0 Å². The molecule has 0 spiro atoms. The van der Waals surface area contributed by atoms with Crippen molar-refractivity contribution in [3.63, 3.8) is 0 Å². The Hall–Kier alpha value is 0.951. The molecular formula is C15H21Cl2NSiTi-. The van der Waals surface area contributed by atoms with Crippen LogP contribution in [0.1, 0.15) is 20.8 Å². The molecule has 1 fully saturated rings. The number of nitrogens with zero attached hydrogens (tertiary/aromatic N) is 1. The summed E-state index contributed by atoms with van der Waals surface area (Å²) in [5.41, 5.74) is 1.49. The second kappa shape index (κ2) is 7.99. The first-order chi connectivity index (χ1) is 9.19. The zero-order valence-electron chi connectivity index (χ0n) is 12.7. The number of fused-ring (bicyclic) bond motifs is 1. The van der Waals surface area contributed by atoms with Crippen LogP contribution in [-0.4, -0.2) is 13.8 Å². The van der Waals surface area contributed by atoms with Gasteiger partial charge in [0.1, 0.15) is 0 Å². The Morgan fingerprint density at radius 2 is 1.40 bits per heavy atom. The third kappa shape index (κ3) is 5.98. The Kier molecular flexibility index (Phi) is 7.59. The van der Waals surface area contributed by atoms with Gasteiger partial charge >= 0.3 is 35.6 Å². The van der Waals surface area contributed by atoms with Crippen molar-refractivity contribution in [1.29, 1.82) is 0 Å². The van der Waals surface area contributed by atoms with Crippen LogP contribution in [0.5, 0.6) is 0 Å². The molecule has 0 atom stereocenters. The predicted octanol–water partition coefficient (Wildman–Crippen LogP) is 5.55. The fourth-order valence-corrected chi connectivity index (χ4v) is 5.23. The second-order valence-corrected chi connectivity index (χ2v) is 12.8. The average Bonchev–Trinajstić information content (AvgIpc) is 2.71. The zero-order valence-corrected chi connectivity index (χ0v) is 16.7. The molecule has 0 aromatic rings. The van der Waals surface area contributed by atoms with Gasteiger partial charge in [-0.1, -0.05) is 66.4 Å². The van der Waals surface area contributed by atoms with Gasteiger partial charge in [-0.05, 0) is 18.4 Å². The zero-order chi connectivity index (χ0) is 15.4. The molecule has 5 radical (unpaired) electrons. The van der Waals surface area contributed by atoms with Crippen LogP contribution in [0.3, 0.4) is 0 Å². The van der Waals surface area contributed by atoms with Crippen molar-refractivity contribution in [3.8, 4) is 0 Å². The van der Waals surface area contributed by atoms with Gasteiger partial charge in [0.25, 0.3) is 0 Å². The summed E-state index contributed by atoms with van der Waals surface area (Å²) in [6.45, 7) is 11.2. The first-order valence-corrected chi connectivity index (χ1v) is 13.8. The molecule has 0 unspecified atom stereocenters. The van der Waals surface area contributed by atoms with E-state index >= 15 is 0 Å². The normalized spacial score (nSPS) is 20.6. The summed E-state index contributed by atoms with van der Waals surface area (Å²) >= 11 is -0.556. The van der Waals surface area contributed by atoms with Crippen LogP contribution < -0.4 is 0 Å². The molecule has 1 saturated carbocycles. The number of hydrogen-bond acceptors (Lipinski definition) is 0. The monoisotopic (exact) mass is 361 g/mol. The third-order valence-electron chi connectivity index (χ3n) is 2.94. The van der Waals surface area contributed by atoms with Crippen molar-refractivity contribution in [1.82, 2.24) is 0 Å². The van der Waals surface area contributed by atoms with E-state index in [0.29, 0.717) is 0 Å². The summed E-state index contributed by atoms with van der Waals surface area (Å²) in [5.74, 6) is 2.68. The first kappa shape index (κ1) is 19.0.